The first-order valence-electron chi connectivity index (χ1n) is 9.22. The average Bonchev–Trinajstić information content (AvgIpc) is 3.06. The van der Waals surface area contributed by atoms with Crippen molar-refractivity contribution in [3.05, 3.63) is 58.1 Å². The Morgan fingerprint density at radius 2 is 2.26 bits per heavy atom. The van der Waals surface area contributed by atoms with Crippen molar-refractivity contribution in [2.24, 2.45) is 5.92 Å². The van der Waals surface area contributed by atoms with Crippen molar-refractivity contribution in [3.63, 3.8) is 0 Å². The maximum Gasteiger partial charge on any atom is 0.225 e. The summed E-state index contributed by atoms with van der Waals surface area (Å²) in [5, 5.41) is 4.95. The van der Waals surface area contributed by atoms with E-state index in [2.05, 4.69) is 34.3 Å². The first-order chi connectivity index (χ1) is 13.1. The quantitative estimate of drug-likeness (QED) is 0.685. The summed E-state index contributed by atoms with van der Waals surface area (Å²) in [4.78, 5) is 20.9. The number of piperidine rings is 1. The molecular formula is C21H22ClN3OS. The molecule has 0 bridgehead atoms. The Balaban J connectivity index is 1.45. The summed E-state index contributed by atoms with van der Waals surface area (Å²) in [7, 11) is 0. The second-order valence-electron chi connectivity index (χ2n) is 7.04. The second-order valence-corrected chi connectivity index (χ2v) is 8.76. The van der Waals surface area contributed by atoms with Gasteiger partial charge in [-0.15, -0.1) is 11.3 Å². The van der Waals surface area contributed by atoms with E-state index >= 15 is 0 Å². The van der Waals surface area contributed by atoms with Crippen LogP contribution in [0.1, 0.15) is 23.3 Å². The number of aryl methyl sites for hydroxylation is 1. The smallest absolute Gasteiger partial charge is 0.225 e. The fourth-order valence-electron chi connectivity index (χ4n) is 3.69. The maximum absolute atomic E-state index is 12.7. The summed E-state index contributed by atoms with van der Waals surface area (Å²) in [5.41, 5.74) is 1.02. The van der Waals surface area contributed by atoms with E-state index in [9.17, 15) is 4.79 Å². The van der Waals surface area contributed by atoms with Crippen molar-refractivity contribution >= 4 is 44.7 Å². The molecule has 1 saturated heterocycles. The average molecular weight is 400 g/mol. The molecule has 4 rings (SSSR count). The second kappa shape index (κ2) is 7.87. The number of thiophene rings is 1. The highest BCUT2D eigenvalue weighted by atomic mass is 35.5. The highest BCUT2D eigenvalue weighted by molar-refractivity contribution is 7.19. The van der Waals surface area contributed by atoms with Crippen LogP contribution in [0.2, 0.25) is 5.02 Å². The molecule has 1 fully saturated rings. The number of anilines is 1. The van der Waals surface area contributed by atoms with Gasteiger partial charge in [-0.3, -0.25) is 4.79 Å². The van der Waals surface area contributed by atoms with Gasteiger partial charge in [0, 0.05) is 45.8 Å². The zero-order valence-electron chi connectivity index (χ0n) is 15.2. The minimum Gasteiger partial charge on any atom is -0.355 e. The van der Waals surface area contributed by atoms with Crippen molar-refractivity contribution in [2.45, 2.75) is 26.3 Å². The zero-order valence-corrected chi connectivity index (χ0v) is 16.8. The van der Waals surface area contributed by atoms with Gasteiger partial charge in [0.25, 0.3) is 0 Å². The molecule has 140 valence electrons. The first-order valence-corrected chi connectivity index (χ1v) is 10.4. The molecule has 1 unspecified atom stereocenters. The van der Waals surface area contributed by atoms with Gasteiger partial charge >= 0.3 is 0 Å². The van der Waals surface area contributed by atoms with Crippen molar-refractivity contribution < 1.29 is 4.79 Å². The Kier molecular flexibility index (Phi) is 5.32. The number of hydrogen-bond acceptors (Lipinski definition) is 4. The van der Waals surface area contributed by atoms with Crippen LogP contribution in [0, 0.1) is 12.8 Å². The van der Waals surface area contributed by atoms with E-state index in [0.29, 0.717) is 18.1 Å². The number of nitrogens with one attached hydrogen (secondary N) is 1. The number of hydrogen-bond donors (Lipinski definition) is 1. The van der Waals surface area contributed by atoms with Crippen LogP contribution in [-0.2, 0) is 11.3 Å². The van der Waals surface area contributed by atoms with Gasteiger partial charge < -0.3 is 10.2 Å². The Bertz CT molecular complexity index is 971. The molecule has 0 saturated carbocycles. The lowest BCUT2D eigenvalue weighted by atomic mass is 9.96. The summed E-state index contributed by atoms with van der Waals surface area (Å²) in [6.45, 7) is 4.28. The number of benzene rings is 1. The van der Waals surface area contributed by atoms with Crippen LogP contribution in [0.25, 0.3) is 10.1 Å². The third-order valence-electron chi connectivity index (χ3n) is 5.00. The molecule has 0 radical (unpaired) electrons. The number of halogens is 1. The standard InChI is InChI=1S/C21H22ClN3OS/c1-14-10-18-19(27-14)7-8-23-20(18)25-9-3-5-16(13-25)21(26)24-12-15-4-2-6-17(22)11-15/h2,4,6-8,10-11,16H,3,5,9,12-13H2,1H3,(H,24,26). The summed E-state index contributed by atoms with van der Waals surface area (Å²) in [6.07, 6.45) is 3.78. The van der Waals surface area contributed by atoms with E-state index in [0.717, 1.165) is 30.8 Å². The van der Waals surface area contributed by atoms with Gasteiger partial charge in [0.05, 0.1) is 5.92 Å². The molecule has 3 heterocycles. The summed E-state index contributed by atoms with van der Waals surface area (Å²) in [6, 6.07) is 11.9. The molecule has 0 aliphatic carbocycles. The molecule has 1 amide bonds. The molecule has 3 aromatic rings. The van der Waals surface area contributed by atoms with Gasteiger partial charge in [0.1, 0.15) is 5.82 Å². The van der Waals surface area contributed by atoms with E-state index in [1.165, 1.54) is 15.0 Å². The van der Waals surface area contributed by atoms with Crippen LogP contribution >= 0.6 is 22.9 Å². The number of nitrogens with zero attached hydrogens (tertiary/aromatic N) is 2. The number of pyridine rings is 1. The fraction of sp³-hybridized carbons (Fsp3) is 0.333. The molecule has 1 aliphatic heterocycles. The number of amides is 1. The van der Waals surface area contributed by atoms with Gasteiger partial charge in [-0.1, -0.05) is 23.7 Å². The lowest BCUT2D eigenvalue weighted by molar-refractivity contribution is -0.125. The largest absolute Gasteiger partial charge is 0.355 e. The molecular weight excluding hydrogens is 378 g/mol. The van der Waals surface area contributed by atoms with E-state index in [-0.39, 0.29) is 11.8 Å². The molecule has 2 aromatic heterocycles. The minimum absolute atomic E-state index is 0.0188. The number of carbonyl (C=O) groups is 1. The fourth-order valence-corrected chi connectivity index (χ4v) is 4.82. The lowest BCUT2D eigenvalue weighted by Gasteiger charge is -2.33. The molecule has 1 aliphatic rings. The highest BCUT2D eigenvalue weighted by Gasteiger charge is 2.27. The number of rotatable bonds is 4. The summed E-state index contributed by atoms with van der Waals surface area (Å²) >= 11 is 7.81. The molecule has 1 atom stereocenters. The Morgan fingerprint density at radius 1 is 1.37 bits per heavy atom. The summed E-state index contributed by atoms with van der Waals surface area (Å²) < 4.78 is 1.25. The van der Waals surface area contributed by atoms with Gasteiger partial charge in [-0.05, 0) is 49.6 Å². The third kappa shape index (κ3) is 4.09. The highest BCUT2D eigenvalue weighted by Crippen LogP contribution is 2.33. The van der Waals surface area contributed by atoms with Gasteiger partial charge in [0.15, 0.2) is 0 Å². The van der Waals surface area contributed by atoms with E-state index in [1.54, 1.807) is 11.3 Å². The van der Waals surface area contributed by atoms with Gasteiger partial charge in [0.2, 0.25) is 5.91 Å². The Labute approximate surface area is 168 Å². The van der Waals surface area contributed by atoms with Crippen LogP contribution < -0.4 is 10.2 Å². The van der Waals surface area contributed by atoms with Crippen LogP contribution in [-0.4, -0.2) is 24.0 Å². The van der Waals surface area contributed by atoms with Crippen molar-refractivity contribution in [2.75, 3.05) is 18.0 Å². The zero-order chi connectivity index (χ0) is 18.8. The predicted molar refractivity (Wildman–Crippen MR) is 113 cm³/mol. The molecule has 4 nitrogen and oxygen atoms in total. The van der Waals surface area contributed by atoms with E-state index in [4.69, 9.17) is 11.6 Å². The SMILES string of the molecule is Cc1cc2c(N3CCCC(C(=O)NCc4cccc(Cl)c4)C3)nccc2s1. The Morgan fingerprint density at radius 3 is 3.11 bits per heavy atom. The normalized spacial score (nSPS) is 17.3. The third-order valence-corrected chi connectivity index (χ3v) is 6.25. The summed E-state index contributed by atoms with van der Waals surface area (Å²) in [5.74, 6) is 1.09. The predicted octanol–water partition coefficient (Wildman–Crippen LogP) is 4.79. The van der Waals surface area contributed by atoms with Gasteiger partial charge in [-0.25, -0.2) is 4.98 Å². The number of fused-ring (bicyclic) bond motifs is 1. The maximum atomic E-state index is 12.7. The molecule has 0 spiro atoms. The topological polar surface area (TPSA) is 45.2 Å². The van der Waals surface area contributed by atoms with E-state index < -0.39 is 0 Å². The van der Waals surface area contributed by atoms with Crippen LogP contribution in [0.15, 0.2) is 42.6 Å². The monoisotopic (exact) mass is 399 g/mol. The van der Waals surface area contributed by atoms with Crippen molar-refractivity contribution in [3.8, 4) is 0 Å². The van der Waals surface area contributed by atoms with Crippen molar-refractivity contribution in [1.82, 2.24) is 10.3 Å². The molecule has 1 aromatic carbocycles. The molecule has 1 N–H and O–H groups in total. The van der Waals surface area contributed by atoms with Gasteiger partial charge in [-0.2, -0.15) is 0 Å². The minimum atomic E-state index is -0.0188. The molecule has 6 heteroatoms. The van der Waals surface area contributed by atoms with Crippen molar-refractivity contribution in [1.29, 1.82) is 0 Å². The molecule has 27 heavy (non-hydrogen) atoms. The van der Waals surface area contributed by atoms with E-state index in [1.807, 2.05) is 30.5 Å². The van der Waals surface area contributed by atoms with Crippen LogP contribution in [0.4, 0.5) is 5.82 Å². The first kappa shape index (κ1) is 18.3. The van der Waals surface area contributed by atoms with Crippen LogP contribution in [0.5, 0.6) is 0 Å². The Hall–Kier alpha value is -2.11. The lowest BCUT2D eigenvalue weighted by Crippen LogP contribution is -2.43. The van der Waals surface area contributed by atoms with Crippen LogP contribution in [0.3, 0.4) is 0 Å². The number of carbonyl (C=O) groups excluding carboxylic acids is 1. The number of aromatic nitrogens is 1.